The molecule has 0 unspecified atom stereocenters. The third kappa shape index (κ3) is 4.31. The average molecular weight is 431 g/mol. The number of aryl methyl sites for hydroxylation is 7. The molecule has 2 aliphatic rings. The lowest BCUT2D eigenvalue weighted by Gasteiger charge is -2.10. The Morgan fingerprint density at radius 1 is 1.06 bits per heavy atom. The lowest BCUT2D eigenvalue weighted by atomic mass is 10.0. The largest absolute Gasteiger partial charge is 0.476 e. The summed E-state index contributed by atoms with van der Waals surface area (Å²) in [6.07, 6.45) is 6.02. The van der Waals surface area contributed by atoms with E-state index in [0.29, 0.717) is 30.7 Å². The zero-order valence-electron chi connectivity index (χ0n) is 19.1. The topological polar surface area (TPSA) is 69.9 Å². The van der Waals surface area contributed by atoms with E-state index in [1.54, 1.807) is 7.05 Å². The molecule has 166 valence electrons. The van der Waals surface area contributed by atoms with Gasteiger partial charge in [-0.3, -0.25) is 14.8 Å². The molecule has 0 radical (unpaired) electrons. The molecule has 1 fully saturated rings. The van der Waals surface area contributed by atoms with Crippen molar-refractivity contribution in [3.8, 4) is 5.88 Å². The zero-order chi connectivity index (χ0) is 22.2. The molecule has 0 spiro atoms. The Morgan fingerprint density at radius 3 is 2.75 bits per heavy atom. The SMILES string of the molecule is Cc1ccc(CCc2cc(OC[C@H]3C[C@@H]3c3ccc4c(n3)CCC4)nn(C)c2=O)c(C)n1. The van der Waals surface area contributed by atoms with Gasteiger partial charge in [-0.05, 0) is 75.6 Å². The maximum Gasteiger partial charge on any atom is 0.269 e. The Bertz CT molecular complexity index is 1220. The molecule has 1 saturated carbocycles. The second-order valence-electron chi connectivity index (χ2n) is 9.24. The molecule has 2 aliphatic carbocycles. The minimum absolute atomic E-state index is 0.0679. The Hall–Kier alpha value is -3.02. The van der Waals surface area contributed by atoms with Crippen molar-refractivity contribution in [2.45, 2.75) is 58.3 Å². The van der Waals surface area contributed by atoms with Crippen molar-refractivity contribution in [3.63, 3.8) is 0 Å². The van der Waals surface area contributed by atoms with Gasteiger partial charge in [-0.2, -0.15) is 0 Å². The van der Waals surface area contributed by atoms with E-state index < -0.39 is 0 Å². The van der Waals surface area contributed by atoms with Crippen molar-refractivity contribution in [2.75, 3.05) is 6.61 Å². The van der Waals surface area contributed by atoms with Gasteiger partial charge in [-0.1, -0.05) is 12.1 Å². The molecule has 3 aromatic heterocycles. The molecule has 5 rings (SSSR count). The van der Waals surface area contributed by atoms with Gasteiger partial charge in [0, 0.05) is 53.3 Å². The predicted molar refractivity (Wildman–Crippen MR) is 123 cm³/mol. The summed E-state index contributed by atoms with van der Waals surface area (Å²) in [6.45, 7) is 4.61. The molecule has 6 nitrogen and oxygen atoms in total. The second kappa shape index (κ2) is 8.49. The van der Waals surface area contributed by atoms with Crippen LogP contribution in [-0.4, -0.2) is 26.4 Å². The van der Waals surface area contributed by atoms with E-state index in [9.17, 15) is 4.79 Å². The fourth-order valence-electron chi connectivity index (χ4n) is 4.77. The van der Waals surface area contributed by atoms with E-state index in [2.05, 4.69) is 28.3 Å². The number of fused-ring (bicyclic) bond motifs is 1. The maximum absolute atomic E-state index is 12.6. The summed E-state index contributed by atoms with van der Waals surface area (Å²) in [5.74, 6) is 1.46. The summed E-state index contributed by atoms with van der Waals surface area (Å²) in [5.41, 5.74) is 7.77. The summed E-state index contributed by atoms with van der Waals surface area (Å²) in [6, 6.07) is 10.4. The average Bonchev–Trinajstić information content (AvgIpc) is 3.40. The summed E-state index contributed by atoms with van der Waals surface area (Å²) in [5, 5.41) is 4.32. The first-order valence-corrected chi connectivity index (χ1v) is 11.6. The van der Waals surface area contributed by atoms with Gasteiger partial charge < -0.3 is 4.74 Å². The number of hydrogen-bond donors (Lipinski definition) is 0. The van der Waals surface area contributed by atoms with E-state index in [1.165, 1.54) is 40.0 Å². The standard InChI is InChI=1S/C26H30N4O2/c1-16-7-8-18(17(2)27-16)9-10-20-14-25(29-30(3)26(20)31)32-15-21-13-22(21)24-12-11-19-5-4-6-23(19)28-24/h7-8,11-12,14,21-22H,4-6,9-10,13,15H2,1-3H3/t21-,22+/m1/s1. The Morgan fingerprint density at radius 2 is 1.91 bits per heavy atom. The summed E-state index contributed by atoms with van der Waals surface area (Å²) >= 11 is 0. The van der Waals surface area contributed by atoms with Crippen LogP contribution in [0.15, 0.2) is 35.1 Å². The Kier molecular flexibility index (Phi) is 5.53. The first-order valence-electron chi connectivity index (χ1n) is 11.6. The van der Waals surface area contributed by atoms with Crippen LogP contribution in [0.25, 0.3) is 0 Å². The number of rotatable bonds is 7. The van der Waals surface area contributed by atoms with Crippen LogP contribution in [0, 0.1) is 19.8 Å². The van der Waals surface area contributed by atoms with Gasteiger partial charge in [-0.25, -0.2) is 4.68 Å². The number of hydrogen-bond acceptors (Lipinski definition) is 5. The van der Waals surface area contributed by atoms with E-state index in [4.69, 9.17) is 9.72 Å². The van der Waals surface area contributed by atoms with E-state index >= 15 is 0 Å². The molecule has 0 aromatic carbocycles. The minimum Gasteiger partial charge on any atom is -0.476 e. The molecule has 0 saturated heterocycles. The molecule has 2 atom stereocenters. The van der Waals surface area contributed by atoms with Crippen molar-refractivity contribution in [1.82, 2.24) is 19.7 Å². The number of nitrogens with zero attached hydrogens (tertiary/aromatic N) is 4. The summed E-state index contributed by atoms with van der Waals surface area (Å²) in [7, 11) is 1.69. The number of pyridine rings is 2. The molecule has 0 aliphatic heterocycles. The summed E-state index contributed by atoms with van der Waals surface area (Å²) < 4.78 is 7.42. The van der Waals surface area contributed by atoms with E-state index in [1.807, 2.05) is 26.0 Å². The van der Waals surface area contributed by atoms with Crippen molar-refractivity contribution >= 4 is 0 Å². The number of aromatic nitrogens is 4. The van der Waals surface area contributed by atoms with Crippen LogP contribution >= 0.6 is 0 Å². The van der Waals surface area contributed by atoms with Gasteiger partial charge in [0.1, 0.15) is 0 Å². The fraction of sp³-hybridized carbons (Fsp3) is 0.462. The lowest BCUT2D eigenvalue weighted by Crippen LogP contribution is -2.24. The number of ether oxygens (including phenoxy) is 1. The highest BCUT2D eigenvalue weighted by Gasteiger charge is 2.40. The third-order valence-corrected chi connectivity index (χ3v) is 6.81. The van der Waals surface area contributed by atoms with Crippen molar-refractivity contribution in [3.05, 3.63) is 80.2 Å². The molecular weight excluding hydrogens is 400 g/mol. The minimum atomic E-state index is -0.0679. The van der Waals surface area contributed by atoms with Gasteiger partial charge in [0.2, 0.25) is 5.88 Å². The van der Waals surface area contributed by atoms with Crippen LogP contribution in [0.3, 0.4) is 0 Å². The van der Waals surface area contributed by atoms with Crippen LogP contribution in [-0.2, 0) is 32.7 Å². The van der Waals surface area contributed by atoms with Crippen LogP contribution < -0.4 is 10.3 Å². The van der Waals surface area contributed by atoms with E-state index in [0.717, 1.165) is 36.2 Å². The maximum atomic E-state index is 12.6. The van der Waals surface area contributed by atoms with E-state index in [-0.39, 0.29) is 5.56 Å². The quantitative estimate of drug-likeness (QED) is 0.572. The van der Waals surface area contributed by atoms with Gasteiger partial charge in [0.05, 0.1) is 6.61 Å². The molecule has 0 N–H and O–H groups in total. The van der Waals surface area contributed by atoms with Gasteiger partial charge >= 0.3 is 0 Å². The Balaban J connectivity index is 1.22. The van der Waals surface area contributed by atoms with Crippen molar-refractivity contribution in [1.29, 1.82) is 0 Å². The molecule has 3 aromatic rings. The molecule has 3 heterocycles. The second-order valence-corrected chi connectivity index (χ2v) is 9.24. The third-order valence-electron chi connectivity index (χ3n) is 6.81. The first-order chi connectivity index (χ1) is 15.5. The zero-order valence-corrected chi connectivity index (χ0v) is 19.1. The van der Waals surface area contributed by atoms with Gasteiger partial charge in [-0.15, -0.1) is 5.10 Å². The smallest absolute Gasteiger partial charge is 0.269 e. The van der Waals surface area contributed by atoms with Gasteiger partial charge in [0.25, 0.3) is 5.56 Å². The molecular formula is C26H30N4O2. The highest BCUT2D eigenvalue weighted by Crippen LogP contribution is 2.47. The van der Waals surface area contributed by atoms with Crippen molar-refractivity contribution < 1.29 is 4.74 Å². The van der Waals surface area contributed by atoms with Crippen LogP contribution in [0.2, 0.25) is 0 Å². The highest BCUT2D eigenvalue weighted by molar-refractivity contribution is 5.30. The highest BCUT2D eigenvalue weighted by atomic mass is 16.5. The first kappa shape index (κ1) is 20.9. The summed E-state index contributed by atoms with van der Waals surface area (Å²) in [4.78, 5) is 22.0. The van der Waals surface area contributed by atoms with Crippen LogP contribution in [0.4, 0.5) is 0 Å². The fourth-order valence-corrected chi connectivity index (χ4v) is 4.77. The van der Waals surface area contributed by atoms with Crippen LogP contribution in [0.1, 0.15) is 58.2 Å². The lowest BCUT2D eigenvalue weighted by molar-refractivity contribution is 0.277. The Labute approximate surface area is 188 Å². The predicted octanol–water partition coefficient (Wildman–Crippen LogP) is 3.64. The molecule has 6 heteroatoms. The van der Waals surface area contributed by atoms with Crippen LogP contribution in [0.5, 0.6) is 5.88 Å². The molecule has 32 heavy (non-hydrogen) atoms. The molecule has 0 bridgehead atoms. The van der Waals surface area contributed by atoms with Gasteiger partial charge in [0.15, 0.2) is 0 Å². The monoisotopic (exact) mass is 430 g/mol. The normalized spacial score (nSPS) is 19.1. The van der Waals surface area contributed by atoms with Crippen molar-refractivity contribution in [2.24, 2.45) is 13.0 Å². The molecule has 0 amide bonds.